The second-order valence-corrected chi connectivity index (χ2v) is 4.45. The Balaban J connectivity index is 2.66. The maximum atomic E-state index is 11.8. The van der Waals surface area contributed by atoms with Crippen LogP contribution in [0.3, 0.4) is 0 Å². The van der Waals surface area contributed by atoms with Crippen LogP contribution in [0.25, 0.3) is 5.69 Å². The Morgan fingerprint density at radius 1 is 1.22 bits per heavy atom. The third kappa shape index (κ3) is 2.31. The summed E-state index contributed by atoms with van der Waals surface area (Å²) in [6, 6.07) is 9.94. The van der Waals surface area contributed by atoms with E-state index in [-0.39, 0.29) is 11.1 Å². The van der Waals surface area contributed by atoms with Crippen LogP contribution in [0.1, 0.15) is 10.4 Å². The zero-order valence-electron chi connectivity index (χ0n) is 9.66. The van der Waals surface area contributed by atoms with Gasteiger partial charge in [-0.2, -0.15) is 0 Å². The third-order valence-electron chi connectivity index (χ3n) is 2.50. The molecule has 0 aliphatic rings. The van der Waals surface area contributed by atoms with E-state index in [0.29, 0.717) is 5.69 Å². The molecule has 0 spiro atoms. The molecule has 5 heteroatoms. The van der Waals surface area contributed by atoms with Gasteiger partial charge in [0.25, 0.3) is 5.56 Å². The number of hydrogen-bond donors (Lipinski definition) is 1. The largest absolute Gasteiger partial charge is 0.478 e. The van der Waals surface area contributed by atoms with Gasteiger partial charge in [0.1, 0.15) is 0 Å². The van der Waals surface area contributed by atoms with Crippen molar-refractivity contribution in [3.05, 3.63) is 58.5 Å². The number of nitrogens with zero attached hydrogens (tertiary/aromatic N) is 1. The molecule has 18 heavy (non-hydrogen) atoms. The Kier molecular flexibility index (Phi) is 3.53. The predicted molar refractivity (Wildman–Crippen MR) is 70.8 cm³/mol. The first-order valence-electron chi connectivity index (χ1n) is 5.23. The lowest BCUT2D eigenvalue weighted by atomic mass is 10.2. The van der Waals surface area contributed by atoms with Gasteiger partial charge in [-0.25, -0.2) is 4.79 Å². The molecular formula is C13H11NO3S. The van der Waals surface area contributed by atoms with Gasteiger partial charge in [0.05, 0.1) is 11.3 Å². The van der Waals surface area contributed by atoms with E-state index in [1.165, 1.54) is 34.7 Å². The van der Waals surface area contributed by atoms with Gasteiger partial charge in [-0.1, -0.05) is 12.1 Å². The molecule has 1 N–H and O–H groups in total. The number of carboxylic acids is 1. The average Bonchev–Trinajstić information content (AvgIpc) is 2.39. The highest BCUT2D eigenvalue weighted by atomic mass is 32.2. The van der Waals surface area contributed by atoms with Crippen LogP contribution in [0.2, 0.25) is 0 Å². The SMILES string of the molecule is CSc1ccccc1-n1cc(C(=O)O)ccc1=O. The second-order valence-electron chi connectivity index (χ2n) is 3.60. The molecule has 1 aromatic heterocycles. The maximum absolute atomic E-state index is 11.8. The standard InChI is InChI=1S/C13H11NO3S/c1-18-11-5-3-2-4-10(11)14-8-9(13(16)17)6-7-12(14)15/h2-8H,1H3,(H,16,17). The monoisotopic (exact) mass is 261 g/mol. The number of benzene rings is 1. The van der Waals surface area contributed by atoms with Gasteiger partial charge >= 0.3 is 5.97 Å². The molecule has 2 aromatic rings. The van der Waals surface area contributed by atoms with Crippen molar-refractivity contribution in [3.63, 3.8) is 0 Å². The van der Waals surface area contributed by atoms with Gasteiger partial charge in [0.15, 0.2) is 0 Å². The maximum Gasteiger partial charge on any atom is 0.337 e. The van der Waals surface area contributed by atoms with E-state index in [1.54, 1.807) is 6.07 Å². The van der Waals surface area contributed by atoms with Gasteiger partial charge in [-0.3, -0.25) is 9.36 Å². The Labute approximate surface area is 108 Å². The summed E-state index contributed by atoms with van der Waals surface area (Å²) in [5.74, 6) is -1.05. The van der Waals surface area contributed by atoms with Crippen molar-refractivity contribution in [1.29, 1.82) is 0 Å². The van der Waals surface area contributed by atoms with Crippen LogP contribution in [-0.2, 0) is 0 Å². The fourth-order valence-electron chi connectivity index (χ4n) is 1.63. The van der Waals surface area contributed by atoms with Crippen LogP contribution in [0.5, 0.6) is 0 Å². The number of hydrogen-bond acceptors (Lipinski definition) is 3. The van der Waals surface area contributed by atoms with Gasteiger partial charge < -0.3 is 5.11 Å². The molecule has 4 nitrogen and oxygen atoms in total. The van der Waals surface area contributed by atoms with Crippen LogP contribution in [0.4, 0.5) is 0 Å². The predicted octanol–water partition coefficient (Wildman–Crippen LogP) is 2.26. The molecule has 0 bridgehead atoms. The number of para-hydroxylation sites is 1. The van der Waals surface area contributed by atoms with Gasteiger partial charge in [0.2, 0.25) is 0 Å². The van der Waals surface area contributed by atoms with Gasteiger partial charge in [-0.15, -0.1) is 11.8 Å². The highest BCUT2D eigenvalue weighted by Crippen LogP contribution is 2.22. The first-order valence-corrected chi connectivity index (χ1v) is 6.45. The van der Waals surface area contributed by atoms with Gasteiger partial charge in [-0.05, 0) is 24.5 Å². The van der Waals surface area contributed by atoms with Crippen molar-refractivity contribution in [1.82, 2.24) is 4.57 Å². The molecular weight excluding hydrogens is 250 g/mol. The lowest BCUT2D eigenvalue weighted by molar-refractivity contribution is 0.0696. The minimum absolute atomic E-state index is 0.0884. The summed E-state index contributed by atoms with van der Waals surface area (Å²) in [6.45, 7) is 0. The number of carboxylic acid groups (broad SMARTS) is 1. The Hall–Kier alpha value is -2.01. The molecule has 1 heterocycles. The molecule has 0 aliphatic heterocycles. The fraction of sp³-hybridized carbons (Fsp3) is 0.0769. The summed E-state index contributed by atoms with van der Waals surface area (Å²) in [7, 11) is 0. The number of pyridine rings is 1. The molecule has 0 saturated heterocycles. The molecule has 1 aromatic carbocycles. The Morgan fingerprint density at radius 2 is 1.94 bits per heavy atom. The zero-order valence-corrected chi connectivity index (χ0v) is 10.5. The molecule has 0 radical (unpaired) electrons. The van der Waals surface area contributed by atoms with E-state index in [2.05, 4.69) is 0 Å². The van der Waals surface area contributed by atoms with Crippen molar-refractivity contribution in [3.8, 4) is 5.69 Å². The Bertz CT molecular complexity index is 649. The quantitative estimate of drug-likeness (QED) is 0.861. The first kappa shape index (κ1) is 12.4. The number of thioether (sulfide) groups is 1. The molecule has 0 unspecified atom stereocenters. The molecule has 0 atom stereocenters. The normalized spacial score (nSPS) is 10.3. The van der Waals surface area contributed by atoms with Crippen LogP contribution >= 0.6 is 11.8 Å². The summed E-state index contributed by atoms with van der Waals surface area (Å²) < 4.78 is 1.36. The topological polar surface area (TPSA) is 59.3 Å². The summed E-state index contributed by atoms with van der Waals surface area (Å²) in [6.07, 6.45) is 3.25. The highest BCUT2D eigenvalue weighted by molar-refractivity contribution is 7.98. The number of rotatable bonds is 3. The number of aromatic carboxylic acids is 1. The zero-order chi connectivity index (χ0) is 13.1. The van der Waals surface area contributed by atoms with Crippen LogP contribution in [-0.4, -0.2) is 21.9 Å². The minimum atomic E-state index is -1.05. The molecule has 0 aliphatic carbocycles. The average molecular weight is 261 g/mol. The molecule has 0 amide bonds. The van der Waals surface area contributed by atoms with Crippen molar-refractivity contribution >= 4 is 17.7 Å². The highest BCUT2D eigenvalue weighted by Gasteiger charge is 2.09. The third-order valence-corrected chi connectivity index (χ3v) is 3.29. The van der Waals surface area contributed by atoms with E-state index in [0.717, 1.165) is 4.90 Å². The van der Waals surface area contributed by atoms with E-state index < -0.39 is 5.97 Å². The first-order chi connectivity index (χ1) is 8.63. The lowest BCUT2D eigenvalue weighted by Crippen LogP contribution is -2.18. The van der Waals surface area contributed by atoms with Crippen LogP contribution in [0, 0.1) is 0 Å². The van der Waals surface area contributed by atoms with E-state index in [9.17, 15) is 9.59 Å². The lowest BCUT2D eigenvalue weighted by Gasteiger charge is -2.10. The van der Waals surface area contributed by atoms with Crippen molar-refractivity contribution < 1.29 is 9.90 Å². The smallest absolute Gasteiger partial charge is 0.337 e. The molecule has 2 rings (SSSR count). The van der Waals surface area contributed by atoms with Crippen molar-refractivity contribution in [2.75, 3.05) is 6.26 Å². The minimum Gasteiger partial charge on any atom is -0.478 e. The fourth-order valence-corrected chi connectivity index (χ4v) is 2.22. The summed E-state index contributed by atoms with van der Waals surface area (Å²) in [5, 5.41) is 8.95. The van der Waals surface area contributed by atoms with Crippen LogP contribution < -0.4 is 5.56 Å². The van der Waals surface area contributed by atoms with Crippen molar-refractivity contribution in [2.24, 2.45) is 0 Å². The summed E-state index contributed by atoms with van der Waals surface area (Å²) in [4.78, 5) is 23.7. The van der Waals surface area contributed by atoms with Crippen LogP contribution in [0.15, 0.2) is 52.3 Å². The van der Waals surface area contributed by atoms with Gasteiger partial charge in [0, 0.05) is 17.2 Å². The van der Waals surface area contributed by atoms with E-state index in [4.69, 9.17) is 5.11 Å². The summed E-state index contributed by atoms with van der Waals surface area (Å²) >= 11 is 1.51. The summed E-state index contributed by atoms with van der Waals surface area (Å²) in [5.41, 5.74) is 0.533. The molecule has 0 fully saturated rings. The van der Waals surface area contributed by atoms with Crippen molar-refractivity contribution in [2.45, 2.75) is 4.90 Å². The number of aromatic nitrogens is 1. The van der Waals surface area contributed by atoms with E-state index >= 15 is 0 Å². The molecule has 92 valence electrons. The Morgan fingerprint density at radius 3 is 2.61 bits per heavy atom. The molecule has 0 saturated carbocycles. The second kappa shape index (κ2) is 5.10. The van der Waals surface area contributed by atoms with E-state index in [1.807, 2.05) is 24.5 Å². The number of carbonyl (C=O) groups is 1.